The summed E-state index contributed by atoms with van der Waals surface area (Å²) < 4.78 is 10.6. The minimum Gasteiger partial charge on any atom is -0.497 e. The summed E-state index contributed by atoms with van der Waals surface area (Å²) in [7, 11) is 3.30. The molecule has 3 rings (SSSR count). The van der Waals surface area contributed by atoms with Crippen molar-refractivity contribution in [2.24, 2.45) is 0 Å². The Labute approximate surface area is 148 Å². The zero-order valence-corrected chi connectivity index (χ0v) is 15.0. The van der Waals surface area contributed by atoms with E-state index in [-0.39, 0.29) is 5.91 Å². The predicted molar refractivity (Wildman–Crippen MR) is 98.8 cm³/mol. The average molecular weight is 340 g/mol. The SMILES string of the molecule is COc1cccc(N2CCN(C(=O)c3ccc(C)c(OC)c3)CC2)c1. The molecule has 0 bridgehead atoms. The lowest BCUT2D eigenvalue weighted by Crippen LogP contribution is -2.48. The summed E-state index contributed by atoms with van der Waals surface area (Å²) in [6, 6.07) is 13.7. The highest BCUT2D eigenvalue weighted by Gasteiger charge is 2.23. The molecule has 0 radical (unpaired) electrons. The quantitative estimate of drug-likeness (QED) is 0.858. The number of amides is 1. The zero-order valence-electron chi connectivity index (χ0n) is 15.0. The fourth-order valence-corrected chi connectivity index (χ4v) is 3.11. The van der Waals surface area contributed by atoms with Gasteiger partial charge in [-0.1, -0.05) is 12.1 Å². The maximum Gasteiger partial charge on any atom is 0.254 e. The van der Waals surface area contributed by atoms with E-state index in [9.17, 15) is 4.79 Å². The number of carbonyl (C=O) groups is 1. The van der Waals surface area contributed by atoms with Crippen molar-refractivity contribution in [3.8, 4) is 11.5 Å². The van der Waals surface area contributed by atoms with Crippen molar-refractivity contribution in [2.45, 2.75) is 6.92 Å². The summed E-state index contributed by atoms with van der Waals surface area (Å²) >= 11 is 0. The first-order chi connectivity index (χ1) is 12.1. The van der Waals surface area contributed by atoms with Gasteiger partial charge in [-0.2, -0.15) is 0 Å². The van der Waals surface area contributed by atoms with Crippen LogP contribution in [-0.2, 0) is 0 Å². The maximum absolute atomic E-state index is 12.8. The molecular formula is C20H24N2O3. The molecule has 1 fully saturated rings. The van der Waals surface area contributed by atoms with E-state index in [1.807, 2.05) is 48.2 Å². The van der Waals surface area contributed by atoms with Gasteiger partial charge in [-0.25, -0.2) is 0 Å². The Morgan fingerprint density at radius 2 is 1.72 bits per heavy atom. The molecule has 1 amide bonds. The minimum atomic E-state index is 0.0589. The van der Waals surface area contributed by atoms with E-state index in [1.165, 1.54) is 0 Å². The number of aryl methyl sites for hydroxylation is 1. The molecule has 0 unspecified atom stereocenters. The Morgan fingerprint density at radius 1 is 0.960 bits per heavy atom. The number of nitrogens with zero attached hydrogens (tertiary/aromatic N) is 2. The number of benzene rings is 2. The van der Waals surface area contributed by atoms with Crippen molar-refractivity contribution in [2.75, 3.05) is 45.3 Å². The number of methoxy groups -OCH3 is 2. The Bertz CT molecular complexity index is 752. The number of rotatable bonds is 4. The second-order valence-electron chi connectivity index (χ2n) is 6.17. The van der Waals surface area contributed by atoms with Crippen LogP contribution in [0.1, 0.15) is 15.9 Å². The van der Waals surface area contributed by atoms with E-state index >= 15 is 0 Å². The van der Waals surface area contributed by atoms with Crippen molar-refractivity contribution in [1.82, 2.24) is 4.90 Å². The van der Waals surface area contributed by atoms with E-state index in [2.05, 4.69) is 11.0 Å². The Morgan fingerprint density at radius 3 is 2.40 bits per heavy atom. The van der Waals surface area contributed by atoms with Gasteiger partial charge in [-0.3, -0.25) is 4.79 Å². The summed E-state index contributed by atoms with van der Waals surface area (Å²) in [6.45, 7) is 4.99. The third kappa shape index (κ3) is 3.71. The van der Waals surface area contributed by atoms with E-state index in [4.69, 9.17) is 9.47 Å². The molecule has 1 heterocycles. The number of ether oxygens (including phenoxy) is 2. The Hall–Kier alpha value is -2.69. The van der Waals surface area contributed by atoms with Crippen LogP contribution in [0.4, 0.5) is 5.69 Å². The Balaban J connectivity index is 1.66. The van der Waals surface area contributed by atoms with Crippen molar-refractivity contribution in [3.63, 3.8) is 0 Å². The maximum atomic E-state index is 12.8. The van der Waals surface area contributed by atoms with Crippen LogP contribution in [0.5, 0.6) is 11.5 Å². The van der Waals surface area contributed by atoms with Crippen LogP contribution in [0.25, 0.3) is 0 Å². The zero-order chi connectivity index (χ0) is 17.8. The number of hydrogen-bond donors (Lipinski definition) is 0. The van der Waals surface area contributed by atoms with Gasteiger partial charge in [-0.15, -0.1) is 0 Å². The fraction of sp³-hybridized carbons (Fsp3) is 0.350. The van der Waals surface area contributed by atoms with Gasteiger partial charge in [0.25, 0.3) is 5.91 Å². The molecule has 0 spiro atoms. The predicted octanol–water partition coefficient (Wildman–Crippen LogP) is 2.97. The highest BCUT2D eigenvalue weighted by Crippen LogP contribution is 2.24. The van der Waals surface area contributed by atoms with Gasteiger partial charge in [0, 0.05) is 43.5 Å². The molecule has 25 heavy (non-hydrogen) atoms. The largest absolute Gasteiger partial charge is 0.497 e. The molecule has 1 aliphatic heterocycles. The van der Waals surface area contributed by atoms with Crippen LogP contribution in [0, 0.1) is 6.92 Å². The monoisotopic (exact) mass is 340 g/mol. The summed E-state index contributed by atoms with van der Waals surface area (Å²) in [5, 5.41) is 0. The molecule has 5 heteroatoms. The molecule has 0 atom stereocenters. The number of hydrogen-bond acceptors (Lipinski definition) is 4. The van der Waals surface area contributed by atoms with Crippen molar-refractivity contribution < 1.29 is 14.3 Å². The van der Waals surface area contributed by atoms with Crippen LogP contribution >= 0.6 is 0 Å². The summed E-state index contributed by atoms with van der Waals surface area (Å²) in [5.74, 6) is 1.66. The molecule has 5 nitrogen and oxygen atoms in total. The first-order valence-electron chi connectivity index (χ1n) is 8.45. The lowest BCUT2D eigenvalue weighted by Gasteiger charge is -2.36. The smallest absolute Gasteiger partial charge is 0.254 e. The number of piperazine rings is 1. The average Bonchev–Trinajstić information content (AvgIpc) is 2.68. The van der Waals surface area contributed by atoms with E-state index in [0.717, 1.165) is 35.8 Å². The standard InChI is InChI=1S/C20H24N2O3/c1-15-7-8-16(13-19(15)25-3)20(23)22-11-9-21(10-12-22)17-5-4-6-18(14-17)24-2/h4-8,13-14H,9-12H2,1-3H3. The topological polar surface area (TPSA) is 42.0 Å². The van der Waals surface area contributed by atoms with Crippen LogP contribution in [0.2, 0.25) is 0 Å². The number of anilines is 1. The normalized spacial score (nSPS) is 14.4. The van der Waals surface area contributed by atoms with Crippen molar-refractivity contribution in [1.29, 1.82) is 0 Å². The highest BCUT2D eigenvalue weighted by molar-refractivity contribution is 5.95. The first kappa shape index (κ1) is 17.1. The lowest BCUT2D eigenvalue weighted by molar-refractivity contribution is 0.0746. The van der Waals surface area contributed by atoms with Crippen LogP contribution in [0.3, 0.4) is 0 Å². The summed E-state index contributed by atoms with van der Waals surface area (Å²) in [5.41, 5.74) is 2.84. The molecule has 0 aliphatic carbocycles. The molecule has 0 saturated carbocycles. The van der Waals surface area contributed by atoms with Crippen molar-refractivity contribution >= 4 is 11.6 Å². The van der Waals surface area contributed by atoms with Gasteiger partial charge in [0.2, 0.25) is 0 Å². The van der Waals surface area contributed by atoms with E-state index < -0.39 is 0 Å². The van der Waals surface area contributed by atoms with E-state index in [0.29, 0.717) is 18.7 Å². The molecule has 0 N–H and O–H groups in total. The second-order valence-corrected chi connectivity index (χ2v) is 6.17. The van der Waals surface area contributed by atoms with Crippen molar-refractivity contribution in [3.05, 3.63) is 53.6 Å². The van der Waals surface area contributed by atoms with Gasteiger partial charge in [-0.05, 0) is 36.8 Å². The van der Waals surface area contributed by atoms with Crippen LogP contribution < -0.4 is 14.4 Å². The van der Waals surface area contributed by atoms with Gasteiger partial charge in [0.15, 0.2) is 0 Å². The van der Waals surface area contributed by atoms with Gasteiger partial charge in [0.1, 0.15) is 11.5 Å². The molecule has 2 aromatic rings. The third-order valence-corrected chi connectivity index (χ3v) is 4.64. The van der Waals surface area contributed by atoms with Crippen LogP contribution in [-0.4, -0.2) is 51.2 Å². The summed E-state index contributed by atoms with van der Waals surface area (Å²) in [4.78, 5) is 16.9. The molecular weight excluding hydrogens is 316 g/mol. The van der Waals surface area contributed by atoms with Gasteiger partial charge in [0.05, 0.1) is 14.2 Å². The second kappa shape index (κ2) is 7.47. The summed E-state index contributed by atoms with van der Waals surface area (Å²) in [6.07, 6.45) is 0. The first-order valence-corrected chi connectivity index (χ1v) is 8.45. The molecule has 1 aliphatic rings. The molecule has 1 saturated heterocycles. The highest BCUT2D eigenvalue weighted by atomic mass is 16.5. The fourth-order valence-electron chi connectivity index (χ4n) is 3.11. The third-order valence-electron chi connectivity index (χ3n) is 4.64. The van der Waals surface area contributed by atoms with Gasteiger partial charge >= 0.3 is 0 Å². The number of carbonyl (C=O) groups excluding carboxylic acids is 1. The molecule has 0 aromatic heterocycles. The minimum absolute atomic E-state index is 0.0589. The Kier molecular flexibility index (Phi) is 5.12. The molecule has 132 valence electrons. The lowest BCUT2D eigenvalue weighted by atomic mass is 10.1. The van der Waals surface area contributed by atoms with Gasteiger partial charge < -0.3 is 19.3 Å². The van der Waals surface area contributed by atoms with E-state index in [1.54, 1.807) is 14.2 Å². The van der Waals surface area contributed by atoms with Crippen LogP contribution in [0.15, 0.2) is 42.5 Å². The molecule has 2 aromatic carbocycles.